The minimum absolute atomic E-state index is 0.796. The molecule has 0 amide bonds. The average molecular weight is 231 g/mol. The first-order valence-corrected chi connectivity index (χ1v) is 7.28. The van der Waals surface area contributed by atoms with E-state index in [1.54, 1.807) is 7.11 Å². The van der Waals surface area contributed by atoms with E-state index < -0.39 is 0 Å². The molecule has 1 saturated carbocycles. The highest BCUT2D eigenvalue weighted by atomic mass is 32.2. The average Bonchev–Trinajstić information content (AvgIpc) is 2.70. The van der Waals surface area contributed by atoms with E-state index in [9.17, 15) is 0 Å². The van der Waals surface area contributed by atoms with Crippen molar-refractivity contribution in [1.29, 1.82) is 0 Å². The van der Waals surface area contributed by atoms with Gasteiger partial charge in [-0.25, -0.2) is 0 Å². The second-order valence-corrected chi connectivity index (χ2v) is 5.56. The Labute approximate surface area is 98.5 Å². The summed E-state index contributed by atoms with van der Waals surface area (Å²) < 4.78 is 5.03. The van der Waals surface area contributed by atoms with Gasteiger partial charge < -0.3 is 10.1 Å². The van der Waals surface area contributed by atoms with Crippen LogP contribution in [0.4, 0.5) is 0 Å². The third kappa shape index (κ3) is 5.23. The number of methoxy groups -OCH3 is 1. The van der Waals surface area contributed by atoms with E-state index in [0.29, 0.717) is 0 Å². The number of rotatable bonds is 8. The molecular weight excluding hydrogens is 206 g/mol. The summed E-state index contributed by atoms with van der Waals surface area (Å²) in [5.74, 6) is 3.52. The molecule has 0 aliphatic heterocycles. The lowest BCUT2D eigenvalue weighted by molar-refractivity contribution is 0.200. The van der Waals surface area contributed by atoms with Crippen LogP contribution in [0.15, 0.2) is 0 Å². The molecule has 0 bridgehead atoms. The molecule has 0 aromatic carbocycles. The maximum absolute atomic E-state index is 5.03. The van der Waals surface area contributed by atoms with Crippen molar-refractivity contribution in [3.05, 3.63) is 0 Å². The maximum atomic E-state index is 5.03. The zero-order valence-corrected chi connectivity index (χ0v) is 10.9. The summed E-state index contributed by atoms with van der Waals surface area (Å²) in [5, 5.41) is 3.45. The molecule has 2 nitrogen and oxygen atoms in total. The van der Waals surface area contributed by atoms with Gasteiger partial charge in [0, 0.05) is 19.8 Å². The highest BCUT2D eigenvalue weighted by molar-refractivity contribution is 7.99. The summed E-state index contributed by atoms with van der Waals surface area (Å²) in [6.45, 7) is 0.912. The number of thioether (sulfide) groups is 1. The molecular formula is C12H25NOS. The van der Waals surface area contributed by atoms with E-state index in [1.165, 1.54) is 43.6 Å². The topological polar surface area (TPSA) is 21.3 Å². The van der Waals surface area contributed by atoms with Crippen LogP contribution in [-0.4, -0.2) is 38.3 Å². The van der Waals surface area contributed by atoms with E-state index in [0.717, 1.165) is 18.6 Å². The molecule has 0 aromatic heterocycles. The first kappa shape index (κ1) is 13.3. The van der Waals surface area contributed by atoms with Crippen molar-refractivity contribution >= 4 is 11.8 Å². The summed E-state index contributed by atoms with van der Waals surface area (Å²) in [4.78, 5) is 0. The number of hydrogen-bond acceptors (Lipinski definition) is 3. The quantitative estimate of drug-likeness (QED) is 0.649. The monoisotopic (exact) mass is 231 g/mol. The number of ether oxygens (including phenoxy) is 1. The van der Waals surface area contributed by atoms with E-state index in [2.05, 4.69) is 24.1 Å². The van der Waals surface area contributed by atoms with Crippen LogP contribution >= 0.6 is 11.8 Å². The molecule has 0 saturated heterocycles. The van der Waals surface area contributed by atoms with Gasteiger partial charge in [0.15, 0.2) is 0 Å². The van der Waals surface area contributed by atoms with E-state index in [4.69, 9.17) is 4.74 Å². The van der Waals surface area contributed by atoms with Gasteiger partial charge in [-0.1, -0.05) is 6.42 Å². The Morgan fingerprint density at radius 2 is 2.20 bits per heavy atom. The predicted octanol–water partition coefficient (Wildman–Crippen LogP) is 2.53. The Bertz CT molecular complexity index is 155. The number of hydrogen-bond donors (Lipinski definition) is 1. The lowest BCUT2D eigenvalue weighted by atomic mass is 10.0. The molecule has 0 aromatic rings. The summed E-state index contributed by atoms with van der Waals surface area (Å²) in [5.41, 5.74) is 0. The van der Waals surface area contributed by atoms with Gasteiger partial charge in [0.25, 0.3) is 0 Å². The Morgan fingerprint density at radius 3 is 2.93 bits per heavy atom. The van der Waals surface area contributed by atoms with Crippen LogP contribution in [-0.2, 0) is 4.74 Å². The van der Waals surface area contributed by atoms with Crippen LogP contribution in [0.25, 0.3) is 0 Å². The van der Waals surface area contributed by atoms with Gasteiger partial charge in [-0.05, 0) is 50.2 Å². The fourth-order valence-electron chi connectivity index (χ4n) is 2.40. The van der Waals surface area contributed by atoms with Crippen molar-refractivity contribution in [2.45, 2.75) is 38.1 Å². The van der Waals surface area contributed by atoms with Crippen molar-refractivity contribution < 1.29 is 4.74 Å². The van der Waals surface area contributed by atoms with Crippen LogP contribution in [0.3, 0.4) is 0 Å². The lowest BCUT2D eigenvalue weighted by Gasteiger charge is -2.18. The molecule has 1 aliphatic carbocycles. The van der Waals surface area contributed by atoms with Crippen molar-refractivity contribution in [2.24, 2.45) is 5.92 Å². The summed E-state index contributed by atoms with van der Waals surface area (Å²) >= 11 is 2.08. The summed E-state index contributed by atoms with van der Waals surface area (Å²) in [7, 11) is 3.88. The standard InChI is InChI=1S/C12H25NOS/c1-13-12-6-3-5-11(12)7-10-15-9-4-8-14-2/h11-13H,3-10H2,1-2H3. The van der Waals surface area contributed by atoms with Gasteiger partial charge in [-0.2, -0.15) is 11.8 Å². The van der Waals surface area contributed by atoms with Crippen LogP contribution in [0.5, 0.6) is 0 Å². The van der Waals surface area contributed by atoms with E-state index in [-0.39, 0.29) is 0 Å². The highest BCUT2D eigenvalue weighted by Crippen LogP contribution is 2.29. The summed E-state index contributed by atoms with van der Waals surface area (Å²) in [6, 6.07) is 0.796. The van der Waals surface area contributed by atoms with E-state index >= 15 is 0 Å². The zero-order chi connectivity index (χ0) is 10.9. The van der Waals surface area contributed by atoms with Crippen LogP contribution in [0.1, 0.15) is 32.1 Å². The molecule has 1 aliphatic rings. The third-order valence-electron chi connectivity index (χ3n) is 3.30. The Hall–Kier alpha value is 0.270. The van der Waals surface area contributed by atoms with Gasteiger partial charge in [0.2, 0.25) is 0 Å². The minimum Gasteiger partial charge on any atom is -0.385 e. The van der Waals surface area contributed by atoms with E-state index in [1.807, 2.05) is 0 Å². The second-order valence-electron chi connectivity index (χ2n) is 4.33. The normalized spacial score (nSPS) is 26.0. The Morgan fingerprint density at radius 1 is 1.33 bits per heavy atom. The van der Waals surface area contributed by atoms with Gasteiger partial charge in [0.1, 0.15) is 0 Å². The van der Waals surface area contributed by atoms with Crippen LogP contribution < -0.4 is 5.32 Å². The molecule has 0 radical (unpaired) electrons. The molecule has 3 heteroatoms. The molecule has 1 rings (SSSR count). The first-order chi connectivity index (χ1) is 7.38. The smallest absolute Gasteiger partial charge is 0.0470 e. The largest absolute Gasteiger partial charge is 0.385 e. The molecule has 2 atom stereocenters. The minimum atomic E-state index is 0.796. The third-order valence-corrected chi connectivity index (χ3v) is 4.40. The van der Waals surface area contributed by atoms with Gasteiger partial charge in [-0.15, -0.1) is 0 Å². The lowest BCUT2D eigenvalue weighted by Crippen LogP contribution is -2.29. The van der Waals surface area contributed by atoms with Crippen molar-refractivity contribution in [1.82, 2.24) is 5.32 Å². The van der Waals surface area contributed by atoms with Crippen molar-refractivity contribution in [2.75, 3.05) is 32.3 Å². The van der Waals surface area contributed by atoms with Gasteiger partial charge >= 0.3 is 0 Å². The first-order valence-electron chi connectivity index (χ1n) is 6.12. The molecule has 1 N–H and O–H groups in total. The second kappa shape index (κ2) is 8.43. The van der Waals surface area contributed by atoms with Crippen LogP contribution in [0, 0.1) is 5.92 Å². The van der Waals surface area contributed by atoms with Gasteiger partial charge in [0.05, 0.1) is 0 Å². The van der Waals surface area contributed by atoms with Crippen LogP contribution in [0.2, 0.25) is 0 Å². The predicted molar refractivity (Wildman–Crippen MR) is 68.6 cm³/mol. The molecule has 0 heterocycles. The fourth-order valence-corrected chi connectivity index (χ4v) is 3.40. The SMILES string of the molecule is CNC1CCCC1CCSCCCOC. The highest BCUT2D eigenvalue weighted by Gasteiger charge is 2.24. The molecule has 90 valence electrons. The zero-order valence-electron chi connectivity index (χ0n) is 10.1. The Balaban J connectivity index is 1.95. The maximum Gasteiger partial charge on any atom is 0.0470 e. The Kier molecular flexibility index (Phi) is 7.49. The number of nitrogens with one attached hydrogen (secondary N) is 1. The van der Waals surface area contributed by atoms with Gasteiger partial charge in [-0.3, -0.25) is 0 Å². The molecule has 15 heavy (non-hydrogen) atoms. The fraction of sp³-hybridized carbons (Fsp3) is 1.00. The van der Waals surface area contributed by atoms with Crippen molar-refractivity contribution in [3.8, 4) is 0 Å². The molecule has 2 unspecified atom stereocenters. The summed E-state index contributed by atoms with van der Waals surface area (Å²) in [6.07, 6.45) is 6.83. The van der Waals surface area contributed by atoms with Crippen molar-refractivity contribution in [3.63, 3.8) is 0 Å². The molecule has 0 spiro atoms. The molecule has 1 fully saturated rings.